The molecule has 4 heteroatoms. The van der Waals surface area contributed by atoms with Crippen LogP contribution in [0.3, 0.4) is 0 Å². The number of nitrogens with zero attached hydrogens (tertiary/aromatic N) is 1. The summed E-state index contributed by atoms with van der Waals surface area (Å²) in [5, 5.41) is 0. The van der Waals surface area contributed by atoms with Crippen molar-refractivity contribution >= 4 is 15.9 Å². The Kier molecular flexibility index (Phi) is 3.54. The van der Waals surface area contributed by atoms with Gasteiger partial charge in [0.05, 0.1) is 4.47 Å². The van der Waals surface area contributed by atoms with Gasteiger partial charge in [0.2, 0.25) is 5.88 Å². The molecule has 0 fully saturated rings. The summed E-state index contributed by atoms with van der Waals surface area (Å²) in [6, 6.07) is 11.4. The first-order chi connectivity index (χ1) is 7.79. The fourth-order valence-corrected chi connectivity index (χ4v) is 1.63. The van der Waals surface area contributed by atoms with Crippen LogP contribution in [-0.2, 0) is 6.54 Å². The third kappa shape index (κ3) is 2.59. The number of pyridine rings is 1. The molecule has 0 saturated carbocycles. The van der Waals surface area contributed by atoms with E-state index in [4.69, 9.17) is 10.5 Å². The summed E-state index contributed by atoms with van der Waals surface area (Å²) in [6.45, 7) is 0.501. The van der Waals surface area contributed by atoms with Crippen molar-refractivity contribution < 1.29 is 4.74 Å². The van der Waals surface area contributed by atoms with Gasteiger partial charge in [-0.3, -0.25) is 0 Å². The number of benzene rings is 1. The molecule has 0 aliphatic carbocycles. The Morgan fingerprint density at radius 3 is 2.88 bits per heavy atom. The molecule has 0 saturated heterocycles. The Labute approximate surface area is 102 Å². The zero-order chi connectivity index (χ0) is 11.4. The Hall–Kier alpha value is -1.39. The van der Waals surface area contributed by atoms with Crippen molar-refractivity contribution in [2.24, 2.45) is 5.73 Å². The van der Waals surface area contributed by atoms with E-state index in [1.54, 1.807) is 6.20 Å². The van der Waals surface area contributed by atoms with E-state index in [0.717, 1.165) is 15.8 Å². The fourth-order valence-electron chi connectivity index (χ4n) is 1.29. The van der Waals surface area contributed by atoms with Gasteiger partial charge < -0.3 is 10.5 Å². The maximum Gasteiger partial charge on any atom is 0.233 e. The van der Waals surface area contributed by atoms with Gasteiger partial charge in [0, 0.05) is 12.7 Å². The fraction of sp³-hybridized carbons (Fsp3) is 0.0833. The average molecular weight is 279 g/mol. The Morgan fingerprint density at radius 2 is 2.12 bits per heavy atom. The van der Waals surface area contributed by atoms with Gasteiger partial charge in [-0.2, -0.15) is 0 Å². The van der Waals surface area contributed by atoms with E-state index in [0.29, 0.717) is 12.4 Å². The minimum Gasteiger partial charge on any atom is -0.438 e. The zero-order valence-electron chi connectivity index (χ0n) is 8.56. The molecule has 0 bridgehead atoms. The van der Waals surface area contributed by atoms with Crippen LogP contribution < -0.4 is 10.5 Å². The third-order valence-corrected chi connectivity index (χ3v) is 2.68. The van der Waals surface area contributed by atoms with E-state index in [1.165, 1.54) is 0 Å². The van der Waals surface area contributed by atoms with Crippen LogP contribution in [0.1, 0.15) is 5.56 Å². The second-order valence-electron chi connectivity index (χ2n) is 3.24. The highest BCUT2D eigenvalue weighted by Gasteiger charge is 2.03. The van der Waals surface area contributed by atoms with Crippen LogP contribution in [0, 0.1) is 0 Å². The maximum atomic E-state index is 5.64. The number of hydrogen-bond donors (Lipinski definition) is 1. The first-order valence-corrected chi connectivity index (χ1v) is 5.66. The van der Waals surface area contributed by atoms with Crippen LogP contribution in [0.5, 0.6) is 11.6 Å². The molecule has 0 aliphatic heterocycles. The summed E-state index contributed by atoms with van der Waals surface area (Å²) in [7, 11) is 0. The topological polar surface area (TPSA) is 48.1 Å². The second-order valence-corrected chi connectivity index (χ2v) is 4.10. The van der Waals surface area contributed by atoms with Gasteiger partial charge in [0.25, 0.3) is 0 Å². The molecule has 1 heterocycles. The van der Waals surface area contributed by atoms with Crippen LogP contribution in [0.4, 0.5) is 0 Å². The van der Waals surface area contributed by atoms with Gasteiger partial charge in [0.1, 0.15) is 5.75 Å². The average Bonchev–Trinajstić information content (AvgIpc) is 2.32. The maximum absolute atomic E-state index is 5.64. The monoisotopic (exact) mass is 278 g/mol. The lowest BCUT2D eigenvalue weighted by Gasteiger charge is -2.07. The van der Waals surface area contributed by atoms with Gasteiger partial charge >= 0.3 is 0 Å². The van der Waals surface area contributed by atoms with Crippen molar-refractivity contribution in [3.63, 3.8) is 0 Å². The summed E-state index contributed by atoms with van der Waals surface area (Å²) >= 11 is 3.38. The molecule has 1 aromatic heterocycles. The van der Waals surface area contributed by atoms with Crippen LogP contribution in [0.2, 0.25) is 0 Å². The van der Waals surface area contributed by atoms with E-state index < -0.39 is 0 Å². The normalized spacial score (nSPS) is 10.1. The molecule has 0 radical (unpaired) electrons. The van der Waals surface area contributed by atoms with E-state index in [2.05, 4.69) is 20.9 Å². The van der Waals surface area contributed by atoms with Crippen LogP contribution in [0.15, 0.2) is 47.1 Å². The van der Waals surface area contributed by atoms with Crippen molar-refractivity contribution in [3.8, 4) is 11.6 Å². The van der Waals surface area contributed by atoms with Crippen molar-refractivity contribution in [2.45, 2.75) is 6.54 Å². The predicted octanol–water partition coefficient (Wildman–Crippen LogP) is 3.10. The largest absolute Gasteiger partial charge is 0.438 e. The minimum atomic E-state index is 0.501. The minimum absolute atomic E-state index is 0.501. The second kappa shape index (κ2) is 5.09. The molecule has 2 N–H and O–H groups in total. The molecule has 0 atom stereocenters. The zero-order valence-corrected chi connectivity index (χ0v) is 10.1. The highest BCUT2D eigenvalue weighted by atomic mass is 79.9. The molecule has 0 amide bonds. The Balaban J connectivity index is 2.24. The lowest BCUT2D eigenvalue weighted by atomic mass is 10.2. The summed E-state index contributed by atoms with van der Waals surface area (Å²) < 4.78 is 6.47. The first kappa shape index (κ1) is 11.1. The van der Waals surface area contributed by atoms with E-state index in [-0.39, 0.29) is 0 Å². The molecule has 0 unspecified atom stereocenters. The SMILES string of the molecule is NCc1cccc(Oc2ncccc2Br)c1. The van der Waals surface area contributed by atoms with Crippen molar-refractivity contribution in [1.82, 2.24) is 4.98 Å². The summed E-state index contributed by atoms with van der Waals surface area (Å²) in [6.07, 6.45) is 1.69. The standard InChI is InChI=1S/C12H11BrN2O/c13-11-5-2-6-15-12(11)16-10-4-1-3-9(7-10)8-14/h1-7H,8,14H2. The molecule has 0 spiro atoms. The number of ether oxygens (including phenoxy) is 1. The summed E-state index contributed by atoms with van der Waals surface area (Å²) in [5.74, 6) is 1.29. The van der Waals surface area contributed by atoms with Gasteiger partial charge in [-0.25, -0.2) is 4.98 Å². The quantitative estimate of drug-likeness (QED) is 0.939. The number of hydrogen-bond acceptors (Lipinski definition) is 3. The highest BCUT2D eigenvalue weighted by Crippen LogP contribution is 2.27. The van der Waals surface area contributed by atoms with Crippen LogP contribution in [0.25, 0.3) is 0 Å². The van der Waals surface area contributed by atoms with Crippen LogP contribution >= 0.6 is 15.9 Å². The lowest BCUT2D eigenvalue weighted by Crippen LogP contribution is -1.96. The van der Waals surface area contributed by atoms with Crippen molar-refractivity contribution in [1.29, 1.82) is 0 Å². The highest BCUT2D eigenvalue weighted by molar-refractivity contribution is 9.10. The van der Waals surface area contributed by atoms with E-state index >= 15 is 0 Å². The molecule has 2 aromatic rings. The lowest BCUT2D eigenvalue weighted by molar-refractivity contribution is 0.459. The summed E-state index contributed by atoms with van der Waals surface area (Å²) in [4.78, 5) is 4.13. The van der Waals surface area contributed by atoms with Crippen molar-refractivity contribution in [2.75, 3.05) is 0 Å². The first-order valence-electron chi connectivity index (χ1n) is 4.87. The number of halogens is 1. The van der Waals surface area contributed by atoms with Gasteiger partial charge in [-0.05, 0) is 45.8 Å². The molecular weight excluding hydrogens is 268 g/mol. The van der Waals surface area contributed by atoms with E-state index in [1.807, 2.05) is 36.4 Å². The Bertz CT molecular complexity index is 488. The molecule has 3 nitrogen and oxygen atoms in total. The summed E-state index contributed by atoms with van der Waals surface area (Å²) in [5.41, 5.74) is 6.59. The number of nitrogens with two attached hydrogens (primary N) is 1. The van der Waals surface area contributed by atoms with Crippen molar-refractivity contribution in [3.05, 3.63) is 52.6 Å². The van der Waals surface area contributed by atoms with Crippen LogP contribution in [-0.4, -0.2) is 4.98 Å². The molecule has 16 heavy (non-hydrogen) atoms. The van der Waals surface area contributed by atoms with Gasteiger partial charge in [-0.15, -0.1) is 0 Å². The molecule has 1 aromatic carbocycles. The third-order valence-electron chi connectivity index (χ3n) is 2.07. The van der Waals surface area contributed by atoms with E-state index in [9.17, 15) is 0 Å². The molecule has 0 aliphatic rings. The molecule has 2 rings (SSSR count). The number of rotatable bonds is 3. The smallest absolute Gasteiger partial charge is 0.233 e. The predicted molar refractivity (Wildman–Crippen MR) is 66.3 cm³/mol. The Morgan fingerprint density at radius 1 is 1.25 bits per heavy atom. The number of aromatic nitrogens is 1. The van der Waals surface area contributed by atoms with Gasteiger partial charge in [0.15, 0.2) is 0 Å². The van der Waals surface area contributed by atoms with Gasteiger partial charge in [-0.1, -0.05) is 12.1 Å². The molecular formula is C12H11BrN2O. The molecule has 82 valence electrons.